The monoisotopic (exact) mass is 831 g/mol. The quantitative estimate of drug-likeness (QED) is 0.0592. The van der Waals surface area contributed by atoms with Crippen LogP contribution in [0.25, 0.3) is 0 Å². The lowest BCUT2D eigenvalue weighted by Crippen LogP contribution is -2.23. The molecular weight excluding hydrogens is 753 g/mol. The highest BCUT2D eigenvalue weighted by Gasteiger charge is 2.50. The number of unbranched alkanes of at least 4 members (excludes halogenated alkanes) is 6. The summed E-state index contributed by atoms with van der Waals surface area (Å²) in [5.41, 5.74) is 11.2. The second-order valence-corrected chi connectivity index (χ2v) is 20.4. The second-order valence-electron chi connectivity index (χ2n) is 20.4. The molecule has 0 atom stereocenters. The number of rotatable bonds is 29. The predicted molar refractivity (Wildman–Crippen MR) is 240 cm³/mol. The van der Waals surface area contributed by atoms with Crippen LogP contribution >= 0.6 is 0 Å². The van der Waals surface area contributed by atoms with Crippen LogP contribution in [-0.4, -0.2) is 44.3 Å². The first kappa shape index (κ1) is 49.0. The molecule has 2 aliphatic carbocycles. The minimum Gasteiger partial charge on any atom is -0.481 e. The van der Waals surface area contributed by atoms with Gasteiger partial charge in [-0.25, -0.2) is 0 Å². The van der Waals surface area contributed by atoms with Crippen molar-refractivity contribution in [3.05, 3.63) is 67.8 Å². The zero-order valence-corrected chi connectivity index (χ0v) is 38.5. The van der Waals surface area contributed by atoms with Gasteiger partial charge in [0.05, 0.1) is 21.7 Å². The summed E-state index contributed by atoms with van der Waals surface area (Å²) in [6, 6.07) is 4.82. The number of carboxylic acids is 4. The van der Waals surface area contributed by atoms with E-state index in [4.69, 9.17) is 0 Å². The van der Waals surface area contributed by atoms with E-state index in [0.717, 1.165) is 141 Å². The lowest BCUT2D eigenvalue weighted by molar-refractivity contribution is -0.148. The van der Waals surface area contributed by atoms with Gasteiger partial charge in [0.1, 0.15) is 0 Å². The number of aryl methyl sites for hydroxylation is 4. The summed E-state index contributed by atoms with van der Waals surface area (Å²) < 4.78 is 0. The van der Waals surface area contributed by atoms with Crippen molar-refractivity contribution in [2.24, 2.45) is 21.7 Å². The zero-order valence-electron chi connectivity index (χ0n) is 38.5. The molecule has 0 saturated heterocycles. The van der Waals surface area contributed by atoms with E-state index in [1.54, 1.807) is 27.7 Å². The summed E-state index contributed by atoms with van der Waals surface area (Å²) in [6.45, 7) is 16.2. The van der Waals surface area contributed by atoms with Crippen molar-refractivity contribution in [2.75, 3.05) is 0 Å². The molecule has 0 spiro atoms. The highest BCUT2D eigenvalue weighted by molar-refractivity contribution is 5.78. The molecular formula is C52H78O8. The first-order valence-electron chi connectivity index (χ1n) is 23.3. The Balaban J connectivity index is 1.58. The van der Waals surface area contributed by atoms with Crippen molar-refractivity contribution >= 4 is 23.9 Å². The first-order chi connectivity index (χ1) is 28.2. The fourth-order valence-corrected chi connectivity index (χ4v) is 9.57. The van der Waals surface area contributed by atoms with Gasteiger partial charge in [-0.05, 0) is 227 Å². The maximum absolute atomic E-state index is 11.9. The third-order valence-corrected chi connectivity index (χ3v) is 15.0. The number of carboxylic acid groups (broad SMARTS) is 4. The van der Waals surface area contributed by atoms with Crippen LogP contribution in [0.5, 0.6) is 0 Å². The van der Waals surface area contributed by atoms with Gasteiger partial charge < -0.3 is 20.4 Å². The van der Waals surface area contributed by atoms with Crippen LogP contribution in [0.1, 0.15) is 199 Å². The summed E-state index contributed by atoms with van der Waals surface area (Å²) in [6.07, 6.45) is 21.0. The summed E-state index contributed by atoms with van der Waals surface area (Å²) in [7, 11) is 0. The van der Waals surface area contributed by atoms with Crippen LogP contribution in [0.3, 0.4) is 0 Å². The van der Waals surface area contributed by atoms with Crippen molar-refractivity contribution in [1.29, 1.82) is 0 Å². The fraction of sp³-hybridized carbons (Fsp3) is 0.692. The molecule has 4 N–H and O–H groups in total. The Morgan fingerprint density at radius 2 is 0.900 bits per heavy atom. The number of aliphatic carboxylic acids is 4. The minimum absolute atomic E-state index is 0.491. The van der Waals surface area contributed by atoms with E-state index in [1.165, 1.54) is 55.6 Å². The Labute approximate surface area is 361 Å². The van der Waals surface area contributed by atoms with Gasteiger partial charge in [0, 0.05) is 0 Å². The van der Waals surface area contributed by atoms with Crippen LogP contribution in [0.2, 0.25) is 0 Å². The number of hydrogen-bond donors (Lipinski definition) is 4. The van der Waals surface area contributed by atoms with Crippen LogP contribution in [-0.2, 0) is 57.7 Å². The SMILES string of the molecule is Cc1cc(CCCCC2(C(=O)O)CC2)c(C)c(CCc2cc(CCCCCC(C)(C)C(=O)O)c(C)c(C)c2CCCCC2(C(=O)O)CC2)c1CCCCCC(C)(C)C(=O)O. The Hall–Kier alpha value is -3.68. The third-order valence-electron chi connectivity index (χ3n) is 15.0. The summed E-state index contributed by atoms with van der Waals surface area (Å²) in [4.78, 5) is 47.1. The number of carbonyl (C=O) groups is 4. The zero-order chi connectivity index (χ0) is 44.5. The van der Waals surface area contributed by atoms with Crippen LogP contribution in [0.4, 0.5) is 0 Å². The van der Waals surface area contributed by atoms with Gasteiger partial charge in [-0.1, -0.05) is 50.7 Å². The van der Waals surface area contributed by atoms with E-state index >= 15 is 0 Å². The standard InChI is InChI=1S/C52H78O8/c1-35-33-39(20-13-17-27-51(29-30-51)47(57)58)38(4)44(42(35)21-12-10-16-26-50(7,8)46(55)56)24-23-41-34-40(19-11-9-15-25-49(5,6)45(53)54)36(2)37(3)43(41)22-14-18-28-52(31-32-52)48(59)60/h33-34H,9-32H2,1-8H3,(H,53,54)(H,55,56)(H,57,58)(H,59,60). The summed E-state index contributed by atoms with van der Waals surface area (Å²) >= 11 is 0. The second kappa shape index (κ2) is 20.9. The van der Waals surface area contributed by atoms with Gasteiger partial charge in [0.25, 0.3) is 0 Å². The molecule has 0 aromatic heterocycles. The average molecular weight is 831 g/mol. The molecule has 0 radical (unpaired) electrons. The summed E-state index contributed by atoms with van der Waals surface area (Å²) in [5.74, 6) is -2.78. The average Bonchev–Trinajstić information content (AvgIpc) is 4.12. The van der Waals surface area contributed by atoms with E-state index in [-0.39, 0.29) is 0 Å². The van der Waals surface area contributed by atoms with Crippen LogP contribution in [0.15, 0.2) is 12.1 Å². The molecule has 2 aliphatic rings. The summed E-state index contributed by atoms with van der Waals surface area (Å²) in [5, 5.41) is 38.7. The van der Waals surface area contributed by atoms with E-state index in [2.05, 4.69) is 39.8 Å². The molecule has 2 fully saturated rings. The minimum atomic E-state index is -0.747. The molecule has 60 heavy (non-hydrogen) atoms. The van der Waals surface area contributed by atoms with Crippen molar-refractivity contribution in [2.45, 2.75) is 209 Å². The van der Waals surface area contributed by atoms with E-state index in [0.29, 0.717) is 12.8 Å². The van der Waals surface area contributed by atoms with Gasteiger partial charge >= 0.3 is 23.9 Å². The highest BCUT2D eigenvalue weighted by atomic mass is 16.4. The van der Waals surface area contributed by atoms with Crippen molar-refractivity contribution in [3.8, 4) is 0 Å². The maximum Gasteiger partial charge on any atom is 0.309 e. The molecule has 2 aromatic rings. The Morgan fingerprint density at radius 1 is 0.467 bits per heavy atom. The topological polar surface area (TPSA) is 149 Å². The molecule has 2 aromatic carbocycles. The normalized spacial score (nSPS) is 15.5. The van der Waals surface area contributed by atoms with Crippen LogP contribution in [0, 0.1) is 49.4 Å². The lowest BCUT2D eigenvalue weighted by Gasteiger charge is -2.23. The first-order valence-corrected chi connectivity index (χ1v) is 23.3. The molecule has 0 bridgehead atoms. The Kier molecular flexibility index (Phi) is 17.1. The molecule has 0 aliphatic heterocycles. The van der Waals surface area contributed by atoms with Gasteiger partial charge in [-0.15, -0.1) is 0 Å². The Morgan fingerprint density at radius 3 is 1.37 bits per heavy atom. The fourth-order valence-electron chi connectivity index (χ4n) is 9.57. The Bertz CT molecular complexity index is 1840. The number of benzene rings is 2. The number of hydrogen-bond acceptors (Lipinski definition) is 4. The lowest BCUT2D eigenvalue weighted by atomic mass is 9.82. The van der Waals surface area contributed by atoms with Crippen LogP contribution < -0.4 is 0 Å². The van der Waals surface area contributed by atoms with E-state index in [1.807, 2.05) is 0 Å². The van der Waals surface area contributed by atoms with Gasteiger partial charge in [-0.3, -0.25) is 19.2 Å². The largest absolute Gasteiger partial charge is 0.481 e. The molecule has 0 unspecified atom stereocenters. The van der Waals surface area contributed by atoms with Crippen molar-refractivity contribution in [1.82, 2.24) is 0 Å². The molecule has 0 amide bonds. The third kappa shape index (κ3) is 12.9. The smallest absolute Gasteiger partial charge is 0.309 e. The molecule has 2 saturated carbocycles. The molecule has 4 rings (SSSR count). The molecule has 334 valence electrons. The van der Waals surface area contributed by atoms with E-state index in [9.17, 15) is 39.6 Å². The maximum atomic E-state index is 11.9. The molecule has 8 nitrogen and oxygen atoms in total. The molecule has 0 heterocycles. The van der Waals surface area contributed by atoms with E-state index < -0.39 is 45.5 Å². The predicted octanol–water partition coefficient (Wildman–Crippen LogP) is 12.3. The van der Waals surface area contributed by atoms with Crippen molar-refractivity contribution in [3.63, 3.8) is 0 Å². The highest BCUT2D eigenvalue weighted by Crippen LogP contribution is 2.51. The van der Waals surface area contributed by atoms with Gasteiger partial charge in [0.2, 0.25) is 0 Å². The molecule has 8 heteroatoms. The van der Waals surface area contributed by atoms with Gasteiger partial charge in [-0.2, -0.15) is 0 Å². The van der Waals surface area contributed by atoms with Gasteiger partial charge in [0.15, 0.2) is 0 Å². The van der Waals surface area contributed by atoms with Crippen molar-refractivity contribution < 1.29 is 39.6 Å².